The normalized spacial score (nSPS) is 14.0. The molecule has 0 unspecified atom stereocenters. The molecular weight excluding hydrogens is 302 g/mol. The van der Waals surface area contributed by atoms with Crippen LogP contribution in [-0.4, -0.2) is 41.3 Å². The minimum Gasteiger partial charge on any atom is -0.309 e. The minimum atomic E-state index is 0.890. The summed E-state index contributed by atoms with van der Waals surface area (Å²) >= 11 is 1.91. The molecule has 0 radical (unpaired) electrons. The maximum absolute atomic E-state index is 4.91. The molecule has 2 aromatic rings. The van der Waals surface area contributed by atoms with Gasteiger partial charge in [0.25, 0.3) is 0 Å². The summed E-state index contributed by atoms with van der Waals surface area (Å²) in [6.07, 6.45) is 5.95. The van der Waals surface area contributed by atoms with E-state index in [-0.39, 0.29) is 0 Å². The summed E-state index contributed by atoms with van der Waals surface area (Å²) < 4.78 is 0. The van der Waals surface area contributed by atoms with Crippen molar-refractivity contribution in [1.82, 2.24) is 14.9 Å². The van der Waals surface area contributed by atoms with Crippen LogP contribution in [0.3, 0.4) is 0 Å². The molecule has 0 saturated heterocycles. The molecule has 1 aromatic carbocycles. The maximum Gasteiger partial charge on any atom is 0.160 e. The lowest BCUT2D eigenvalue weighted by Crippen LogP contribution is -2.14. The SMILES string of the molecule is CN(C)CCCSc1nc(-c2ccccc2)nc2c1CCCC2. The van der Waals surface area contributed by atoms with Gasteiger partial charge in [-0.3, -0.25) is 0 Å². The second-order valence-corrected chi connectivity index (χ2v) is 7.44. The van der Waals surface area contributed by atoms with Crippen molar-refractivity contribution in [3.8, 4) is 11.4 Å². The van der Waals surface area contributed by atoms with E-state index < -0.39 is 0 Å². The molecule has 0 atom stereocenters. The highest BCUT2D eigenvalue weighted by Gasteiger charge is 2.18. The van der Waals surface area contributed by atoms with E-state index in [1.54, 1.807) is 0 Å². The van der Waals surface area contributed by atoms with Crippen molar-refractivity contribution < 1.29 is 0 Å². The Morgan fingerprint density at radius 2 is 1.83 bits per heavy atom. The Morgan fingerprint density at radius 3 is 2.61 bits per heavy atom. The number of thioether (sulfide) groups is 1. The lowest BCUT2D eigenvalue weighted by atomic mass is 9.97. The number of nitrogens with zero attached hydrogens (tertiary/aromatic N) is 3. The fraction of sp³-hybridized carbons (Fsp3) is 0.474. The second-order valence-electron chi connectivity index (χ2n) is 6.36. The average Bonchev–Trinajstić information content (AvgIpc) is 2.59. The van der Waals surface area contributed by atoms with Crippen LogP contribution in [0, 0.1) is 0 Å². The van der Waals surface area contributed by atoms with Crippen LogP contribution < -0.4 is 0 Å². The van der Waals surface area contributed by atoms with E-state index in [2.05, 4.69) is 43.3 Å². The summed E-state index contributed by atoms with van der Waals surface area (Å²) in [5.74, 6) is 2.01. The third-order valence-electron chi connectivity index (χ3n) is 4.17. The van der Waals surface area contributed by atoms with E-state index in [1.165, 1.54) is 35.5 Å². The van der Waals surface area contributed by atoms with E-state index in [1.807, 2.05) is 17.8 Å². The standard InChI is InChI=1S/C19H25N3S/c1-22(2)13-8-14-23-19-16-11-6-7-12-17(16)20-18(21-19)15-9-4-3-5-10-15/h3-5,9-10H,6-8,11-14H2,1-2H3. The Labute approximate surface area is 143 Å². The molecule has 23 heavy (non-hydrogen) atoms. The smallest absolute Gasteiger partial charge is 0.160 e. The van der Waals surface area contributed by atoms with E-state index >= 15 is 0 Å². The number of rotatable bonds is 6. The van der Waals surface area contributed by atoms with Crippen LogP contribution in [0.4, 0.5) is 0 Å². The molecule has 3 rings (SSSR count). The largest absolute Gasteiger partial charge is 0.309 e. The van der Waals surface area contributed by atoms with Crippen LogP contribution >= 0.6 is 11.8 Å². The fourth-order valence-corrected chi connectivity index (χ4v) is 3.96. The first-order valence-electron chi connectivity index (χ1n) is 8.47. The van der Waals surface area contributed by atoms with E-state index in [9.17, 15) is 0 Å². The Bertz CT molecular complexity index is 641. The molecule has 0 spiro atoms. The van der Waals surface area contributed by atoms with Crippen molar-refractivity contribution in [3.63, 3.8) is 0 Å². The first kappa shape index (κ1) is 16.5. The highest BCUT2D eigenvalue weighted by Crippen LogP contribution is 2.31. The first-order valence-corrected chi connectivity index (χ1v) is 9.45. The molecule has 3 nitrogen and oxygen atoms in total. The van der Waals surface area contributed by atoms with Gasteiger partial charge in [-0.25, -0.2) is 9.97 Å². The van der Waals surface area contributed by atoms with E-state index in [0.29, 0.717) is 0 Å². The predicted octanol–water partition coefficient (Wildman–Crippen LogP) is 4.07. The molecule has 0 N–H and O–H groups in total. The van der Waals surface area contributed by atoms with Crippen LogP contribution in [0.2, 0.25) is 0 Å². The van der Waals surface area contributed by atoms with Crippen molar-refractivity contribution in [2.24, 2.45) is 0 Å². The number of hydrogen-bond donors (Lipinski definition) is 0. The molecule has 0 amide bonds. The minimum absolute atomic E-state index is 0.890. The van der Waals surface area contributed by atoms with Crippen LogP contribution in [0.15, 0.2) is 35.4 Å². The third kappa shape index (κ3) is 4.33. The Balaban J connectivity index is 1.84. The van der Waals surface area contributed by atoms with Crippen LogP contribution in [0.1, 0.15) is 30.5 Å². The van der Waals surface area contributed by atoms with E-state index in [4.69, 9.17) is 9.97 Å². The van der Waals surface area contributed by atoms with Gasteiger partial charge in [0.15, 0.2) is 5.82 Å². The van der Waals surface area contributed by atoms with Gasteiger partial charge < -0.3 is 4.90 Å². The Kier molecular flexibility index (Phi) is 5.68. The Hall–Kier alpha value is -1.39. The summed E-state index contributed by atoms with van der Waals surface area (Å²) in [6, 6.07) is 10.4. The van der Waals surface area contributed by atoms with Gasteiger partial charge in [0.05, 0.1) is 0 Å². The summed E-state index contributed by atoms with van der Waals surface area (Å²) in [4.78, 5) is 12.0. The summed E-state index contributed by atoms with van der Waals surface area (Å²) in [5, 5.41) is 1.22. The fourth-order valence-electron chi connectivity index (χ4n) is 2.94. The molecule has 1 aromatic heterocycles. The topological polar surface area (TPSA) is 29.0 Å². The van der Waals surface area contributed by atoms with Gasteiger partial charge in [-0.05, 0) is 52.7 Å². The van der Waals surface area contributed by atoms with Gasteiger partial charge in [-0.2, -0.15) is 0 Å². The van der Waals surface area contributed by atoms with Gasteiger partial charge in [0.1, 0.15) is 5.03 Å². The summed E-state index contributed by atoms with van der Waals surface area (Å²) in [7, 11) is 4.26. The molecule has 1 heterocycles. The van der Waals surface area contributed by atoms with Crippen LogP contribution in [-0.2, 0) is 12.8 Å². The molecule has 0 aliphatic heterocycles. The number of benzene rings is 1. The third-order valence-corrected chi connectivity index (χ3v) is 5.27. The Morgan fingerprint density at radius 1 is 1.04 bits per heavy atom. The molecule has 1 aliphatic rings. The molecule has 0 saturated carbocycles. The second kappa shape index (κ2) is 7.93. The van der Waals surface area contributed by atoms with Gasteiger partial charge >= 0.3 is 0 Å². The van der Waals surface area contributed by atoms with Crippen molar-refractivity contribution >= 4 is 11.8 Å². The van der Waals surface area contributed by atoms with E-state index in [0.717, 1.165) is 36.5 Å². The van der Waals surface area contributed by atoms with Gasteiger partial charge in [-0.1, -0.05) is 30.3 Å². The van der Waals surface area contributed by atoms with Gasteiger partial charge in [0.2, 0.25) is 0 Å². The number of aromatic nitrogens is 2. The molecule has 122 valence electrons. The van der Waals surface area contributed by atoms with Crippen molar-refractivity contribution in [2.45, 2.75) is 37.1 Å². The number of fused-ring (bicyclic) bond motifs is 1. The lowest BCUT2D eigenvalue weighted by molar-refractivity contribution is 0.410. The first-order chi connectivity index (χ1) is 11.2. The van der Waals surface area contributed by atoms with Crippen molar-refractivity contribution in [2.75, 3.05) is 26.4 Å². The lowest BCUT2D eigenvalue weighted by Gasteiger charge is -2.19. The van der Waals surface area contributed by atoms with Crippen LogP contribution in [0.25, 0.3) is 11.4 Å². The zero-order valence-electron chi connectivity index (χ0n) is 14.1. The summed E-state index contributed by atoms with van der Waals surface area (Å²) in [5.41, 5.74) is 3.81. The summed E-state index contributed by atoms with van der Waals surface area (Å²) in [6.45, 7) is 1.13. The van der Waals surface area contributed by atoms with Crippen molar-refractivity contribution in [1.29, 1.82) is 0 Å². The van der Waals surface area contributed by atoms with Gasteiger partial charge in [0, 0.05) is 22.6 Å². The predicted molar refractivity (Wildman–Crippen MR) is 98.0 cm³/mol. The van der Waals surface area contributed by atoms with Gasteiger partial charge in [-0.15, -0.1) is 11.8 Å². The average molecular weight is 327 g/mol. The quantitative estimate of drug-likeness (QED) is 0.454. The highest BCUT2D eigenvalue weighted by molar-refractivity contribution is 7.99. The monoisotopic (exact) mass is 327 g/mol. The zero-order chi connectivity index (χ0) is 16.1. The van der Waals surface area contributed by atoms with Crippen LogP contribution in [0.5, 0.6) is 0 Å². The molecular formula is C19H25N3S. The number of hydrogen-bond acceptors (Lipinski definition) is 4. The molecule has 1 aliphatic carbocycles. The maximum atomic E-state index is 4.91. The molecule has 0 bridgehead atoms. The number of aryl methyl sites for hydroxylation is 1. The zero-order valence-corrected chi connectivity index (χ0v) is 14.9. The molecule has 0 fully saturated rings. The molecule has 4 heteroatoms. The van der Waals surface area contributed by atoms with Crippen molar-refractivity contribution in [3.05, 3.63) is 41.6 Å². The highest BCUT2D eigenvalue weighted by atomic mass is 32.2.